The molecule has 17 heavy (non-hydrogen) atoms. The zero-order chi connectivity index (χ0) is 12.7. The number of aliphatic carboxylic acids is 1. The SMILES string of the molecule is O=C(NC/C=C/Cl)NC1(C(=O)O)CCOCC1. The van der Waals surface area contributed by atoms with Crippen LogP contribution in [0.15, 0.2) is 11.6 Å². The van der Waals surface area contributed by atoms with Crippen molar-refractivity contribution in [3.05, 3.63) is 11.6 Å². The van der Waals surface area contributed by atoms with Gasteiger partial charge in [0.05, 0.1) is 0 Å². The average Bonchev–Trinajstić information content (AvgIpc) is 2.30. The van der Waals surface area contributed by atoms with E-state index in [1.165, 1.54) is 5.54 Å². The third kappa shape index (κ3) is 3.90. The van der Waals surface area contributed by atoms with Crippen molar-refractivity contribution in [3.63, 3.8) is 0 Å². The molecule has 0 bridgehead atoms. The molecule has 7 heteroatoms. The van der Waals surface area contributed by atoms with Gasteiger partial charge in [-0.25, -0.2) is 9.59 Å². The second-order valence-corrected chi connectivity index (χ2v) is 3.95. The molecule has 1 fully saturated rings. The summed E-state index contributed by atoms with van der Waals surface area (Å²) in [4.78, 5) is 22.7. The molecule has 1 aliphatic heterocycles. The number of halogens is 1. The van der Waals surface area contributed by atoms with Crippen LogP contribution in [-0.4, -0.2) is 42.4 Å². The van der Waals surface area contributed by atoms with E-state index < -0.39 is 17.5 Å². The second kappa shape index (κ2) is 6.46. The van der Waals surface area contributed by atoms with Gasteiger partial charge in [0.15, 0.2) is 0 Å². The molecule has 1 heterocycles. The molecule has 0 saturated carbocycles. The Balaban J connectivity index is 2.54. The lowest BCUT2D eigenvalue weighted by atomic mass is 9.90. The molecule has 3 N–H and O–H groups in total. The first-order valence-corrected chi connectivity index (χ1v) is 5.67. The first-order valence-electron chi connectivity index (χ1n) is 5.23. The summed E-state index contributed by atoms with van der Waals surface area (Å²) in [5.41, 5.74) is 0.0503. The minimum atomic E-state index is -1.23. The fourth-order valence-electron chi connectivity index (χ4n) is 1.57. The average molecular weight is 263 g/mol. The topological polar surface area (TPSA) is 87.7 Å². The van der Waals surface area contributed by atoms with Gasteiger partial charge in [0.1, 0.15) is 5.54 Å². The van der Waals surface area contributed by atoms with Crippen molar-refractivity contribution in [2.75, 3.05) is 19.8 Å². The van der Waals surface area contributed by atoms with Crippen LogP contribution >= 0.6 is 11.6 Å². The Labute approximate surface area is 104 Å². The minimum Gasteiger partial charge on any atom is -0.480 e. The maximum Gasteiger partial charge on any atom is 0.329 e. The summed E-state index contributed by atoms with van der Waals surface area (Å²) >= 11 is 5.29. The predicted octanol–water partition coefficient (Wildman–Crippen LogP) is 0.672. The van der Waals surface area contributed by atoms with Gasteiger partial charge in [-0.15, -0.1) is 0 Å². The van der Waals surface area contributed by atoms with Gasteiger partial charge in [-0.2, -0.15) is 0 Å². The van der Waals surface area contributed by atoms with Crippen LogP contribution in [0, 0.1) is 0 Å². The number of nitrogens with one attached hydrogen (secondary N) is 2. The van der Waals surface area contributed by atoms with E-state index in [4.69, 9.17) is 16.3 Å². The number of ether oxygens (including phenoxy) is 1. The highest BCUT2D eigenvalue weighted by molar-refractivity contribution is 6.25. The van der Waals surface area contributed by atoms with Crippen LogP contribution in [0.3, 0.4) is 0 Å². The quantitative estimate of drug-likeness (QED) is 0.695. The Morgan fingerprint density at radius 1 is 1.41 bits per heavy atom. The van der Waals surface area contributed by atoms with Crippen molar-refractivity contribution in [2.45, 2.75) is 18.4 Å². The highest BCUT2D eigenvalue weighted by Gasteiger charge is 2.41. The highest BCUT2D eigenvalue weighted by Crippen LogP contribution is 2.20. The summed E-state index contributed by atoms with van der Waals surface area (Å²) in [6.07, 6.45) is 2.07. The minimum absolute atomic E-state index is 0.252. The van der Waals surface area contributed by atoms with E-state index >= 15 is 0 Å². The van der Waals surface area contributed by atoms with Crippen LogP contribution in [-0.2, 0) is 9.53 Å². The van der Waals surface area contributed by atoms with Crippen molar-refractivity contribution in [1.82, 2.24) is 10.6 Å². The molecule has 6 nitrogen and oxygen atoms in total. The largest absolute Gasteiger partial charge is 0.480 e. The van der Waals surface area contributed by atoms with E-state index in [1.807, 2.05) is 0 Å². The van der Waals surface area contributed by atoms with Crippen molar-refractivity contribution in [2.24, 2.45) is 0 Å². The molecule has 0 aliphatic carbocycles. The van der Waals surface area contributed by atoms with Crippen LogP contribution < -0.4 is 10.6 Å². The van der Waals surface area contributed by atoms with Gasteiger partial charge in [-0.3, -0.25) is 0 Å². The van der Waals surface area contributed by atoms with E-state index in [1.54, 1.807) is 6.08 Å². The normalized spacial score (nSPS) is 18.9. The molecule has 1 aliphatic rings. The summed E-state index contributed by atoms with van der Waals surface area (Å²) < 4.78 is 5.09. The van der Waals surface area contributed by atoms with Gasteiger partial charge in [-0.05, 0) is 0 Å². The Morgan fingerprint density at radius 2 is 2.06 bits per heavy atom. The molecule has 0 radical (unpaired) electrons. The number of rotatable bonds is 4. The van der Waals surface area contributed by atoms with E-state index in [9.17, 15) is 14.7 Å². The van der Waals surface area contributed by atoms with Crippen molar-refractivity contribution in [1.29, 1.82) is 0 Å². The van der Waals surface area contributed by atoms with Crippen LogP contribution in [0.2, 0.25) is 0 Å². The molecule has 0 aromatic heterocycles. The van der Waals surface area contributed by atoms with E-state index in [0.717, 1.165) is 0 Å². The molecular weight excluding hydrogens is 248 g/mol. The third-order valence-corrected chi connectivity index (χ3v) is 2.76. The molecular formula is C10H15ClN2O4. The molecule has 0 unspecified atom stereocenters. The summed E-state index contributed by atoms with van der Waals surface area (Å²) in [7, 11) is 0. The second-order valence-electron chi connectivity index (χ2n) is 3.70. The Kier molecular flexibility index (Phi) is 5.24. The lowest BCUT2D eigenvalue weighted by Crippen LogP contribution is -2.59. The fraction of sp³-hybridized carbons (Fsp3) is 0.600. The molecule has 0 spiro atoms. The Hall–Kier alpha value is -1.27. The predicted molar refractivity (Wildman–Crippen MR) is 61.9 cm³/mol. The van der Waals surface area contributed by atoms with E-state index in [-0.39, 0.29) is 19.4 Å². The highest BCUT2D eigenvalue weighted by atomic mass is 35.5. The molecule has 1 rings (SSSR count). The van der Waals surface area contributed by atoms with Crippen molar-refractivity contribution in [3.8, 4) is 0 Å². The monoisotopic (exact) mass is 262 g/mol. The van der Waals surface area contributed by atoms with Crippen molar-refractivity contribution >= 4 is 23.6 Å². The number of carboxylic acids is 1. The lowest BCUT2D eigenvalue weighted by Gasteiger charge is -2.33. The lowest BCUT2D eigenvalue weighted by molar-refractivity contribution is -0.148. The number of carbonyl (C=O) groups is 2. The van der Waals surface area contributed by atoms with E-state index in [0.29, 0.717) is 13.2 Å². The fourth-order valence-corrected chi connectivity index (χ4v) is 1.66. The van der Waals surface area contributed by atoms with Gasteiger partial charge >= 0.3 is 12.0 Å². The van der Waals surface area contributed by atoms with Gasteiger partial charge in [0.25, 0.3) is 0 Å². The number of carbonyl (C=O) groups excluding carboxylic acids is 1. The number of hydrogen-bond acceptors (Lipinski definition) is 3. The Bertz CT molecular complexity index is 313. The van der Waals surface area contributed by atoms with Crippen LogP contribution in [0.4, 0.5) is 4.79 Å². The standard InChI is InChI=1S/C10H15ClN2O4/c11-4-1-5-12-9(16)13-10(8(14)15)2-6-17-7-3-10/h1,4H,2-3,5-7H2,(H,14,15)(H2,12,13,16)/b4-1+. The van der Waals surface area contributed by atoms with Crippen LogP contribution in [0.1, 0.15) is 12.8 Å². The summed E-state index contributed by atoms with van der Waals surface area (Å²) in [5, 5.41) is 14.1. The summed E-state index contributed by atoms with van der Waals surface area (Å²) in [5.74, 6) is -1.04. The van der Waals surface area contributed by atoms with E-state index in [2.05, 4.69) is 10.6 Å². The maximum absolute atomic E-state index is 11.5. The van der Waals surface area contributed by atoms with Crippen LogP contribution in [0.5, 0.6) is 0 Å². The van der Waals surface area contributed by atoms with Gasteiger partial charge in [-0.1, -0.05) is 17.7 Å². The molecule has 2 amide bonds. The van der Waals surface area contributed by atoms with Crippen LogP contribution in [0.25, 0.3) is 0 Å². The maximum atomic E-state index is 11.5. The van der Waals surface area contributed by atoms with Crippen molar-refractivity contribution < 1.29 is 19.4 Å². The van der Waals surface area contributed by atoms with Gasteiger partial charge in [0, 0.05) is 38.1 Å². The smallest absolute Gasteiger partial charge is 0.329 e. The number of carboxylic acid groups (broad SMARTS) is 1. The molecule has 0 atom stereocenters. The van der Waals surface area contributed by atoms with Gasteiger partial charge < -0.3 is 20.5 Å². The van der Waals surface area contributed by atoms with Gasteiger partial charge in [0.2, 0.25) is 0 Å². The number of amides is 2. The molecule has 0 aromatic rings. The first-order chi connectivity index (χ1) is 8.10. The Morgan fingerprint density at radius 3 is 2.59 bits per heavy atom. The first kappa shape index (κ1) is 13.8. The zero-order valence-electron chi connectivity index (χ0n) is 9.24. The molecule has 96 valence electrons. The molecule has 0 aromatic carbocycles. The number of urea groups is 1. The molecule has 1 saturated heterocycles. The summed E-state index contributed by atoms with van der Waals surface area (Å²) in [6, 6.07) is -0.524. The summed E-state index contributed by atoms with van der Waals surface area (Å²) in [6.45, 7) is 0.907. The number of hydrogen-bond donors (Lipinski definition) is 3. The third-order valence-electron chi connectivity index (χ3n) is 2.58. The zero-order valence-corrected chi connectivity index (χ0v) is 10.00.